The van der Waals surface area contributed by atoms with Gasteiger partial charge in [0.25, 0.3) is 5.91 Å². The summed E-state index contributed by atoms with van der Waals surface area (Å²) in [4.78, 5) is 17.0. The number of rotatable bonds is 2. The molecule has 1 amide bonds. The quantitative estimate of drug-likeness (QED) is 0.750. The van der Waals surface area contributed by atoms with E-state index in [2.05, 4.69) is 10.3 Å². The number of benzene rings is 1. The predicted octanol–water partition coefficient (Wildman–Crippen LogP) is 3.47. The van der Waals surface area contributed by atoms with Crippen molar-refractivity contribution in [1.82, 2.24) is 9.38 Å². The van der Waals surface area contributed by atoms with E-state index in [0.29, 0.717) is 17.8 Å². The molecule has 1 aliphatic carbocycles. The highest BCUT2D eigenvalue weighted by atomic mass is 19.1. The number of aliphatic hydroxyl groups excluding tert-OH is 1. The minimum Gasteiger partial charge on any atom is -0.511 e. The zero-order chi connectivity index (χ0) is 17.6. The maximum atomic E-state index is 13.8. The molecule has 126 valence electrons. The molecule has 3 aromatic rings. The van der Waals surface area contributed by atoms with E-state index in [9.17, 15) is 18.7 Å². The van der Waals surface area contributed by atoms with E-state index < -0.39 is 23.2 Å². The summed E-state index contributed by atoms with van der Waals surface area (Å²) >= 11 is 0. The molecule has 1 aliphatic rings. The fraction of sp³-hybridized carbons (Fsp3) is 0.111. The molecule has 2 heterocycles. The first-order valence-corrected chi connectivity index (χ1v) is 7.70. The molecular formula is C18H13F2N3O2. The number of pyridine rings is 1. The third kappa shape index (κ3) is 2.44. The Kier molecular flexibility index (Phi) is 3.49. The summed E-state index contributed by atoms with van der Waals surface area (Å²) in [6.45, 7) is 0. The summed E-state index contributed by atoms with van der Waals surface area (Å²) in [6, 6.07) is 8.72. The van der Waals surface area contributed by atoms with E-state index in [1.165, 1.54) is 6.07 Å². The Morgan fingerprint density at radius 1 is 1.12 bits per heavy atom. The van der Waals surface area contributed by atoms with Crippen LogP contribution in [0.5, 0.6) is 0 Å². The number of nitrogens with one attached hydrogen (secondary N) is 1. The highest BCUT2D eigenvalue weighted by Crippen LogP contribution is 2.32. The topological polar surface area (TPSA) is 66.6 Å². The Bertz CT molecular complexity index is 1020. The van der Waals surface area contributed by atoms with Crippen LogP contribution in [0.3, 0.4) is 0 Å². The monoisotopic (exact) mass is 341 g/mol. The molecule has 0 atom stereocenters. The van der Waals surface area contributed by atoms with Gasteiger partial charge in [-0.3, -0.25) is 4.79 Å². The van der Waals surface area contributed by atoms with Gasteiger partial charge < -0.3 is 14.8 Å². The molecule has 0 fully saturated rings. The number of imidazole rings is 1. The number of amides is 1. The number of carbonyl (C=O) groups is 1. The van der Waals surface area contributed by atoms with Crippen molar-refractivity contribution in [3.05, 3.63) is 71.4 Å². The summed E-state index contributed by atoms with van der Waals surface area (Å²) in [5.41, 5.74) is 1.11. The van der Waals surface area contributed by atoms with Crippen LogP contribution in [-0.4, -0.2) is 20.4 Å². The maximum Gasteiger partial charge on any atom is 0.261 e. The molecule has 4 rings (SSSR count). The van der Waals surface area contributed by atoms with E-state index >= 15 is 0 Å². The molecule has 0 bridgehead atoms. The van der Waals surface area contributed by atoms with Crippen molar-refractivity contribution >= 4 is 22.8 Å². The van der Waals surface area contributed by atoms with Crippen molar-refractivity contribution in [2.45, 2.75) is 12.8 Å². The number of aryl methyl sites for hydroxylation is 1. The Morgan fingerprint density at radius 3 is 2.64 bits per heavy atom. The van der Waals surface area contributed by atoms with Gasteiger partial charge in [0, 0.05) is 12.6 Å². The second-order valence-electron chi connectivity index (χ2n) is 5.71. The fourth-order valence-electron chi connectivity index (χ4n) is 3.02. The van der Waals surface area contributed by atoms with E-state index in [1.54, 1.807) is 6.07 Å². The standard InChI is InChI=1S/C18H13F2N3O2/c19-10-4-3-5-11(20)16(10)22-18(25)15-13(24)8-7-12-17(15)21-14-6-1-2-9-23(12)14/h1-6,9,24H,7-8H2,(H,22,25). The van der Waals surface area contributed by atoms with Gasteiger partial charge in [0.2, 0.25) is 0 Å². The average Bonchev–Trinajstić information content (AvgIpc) is 2.96. The van der Waals surface area contributed by atoms with Crippen LogP contribution in [0.25, 0.3) is 11.2 Å². The highest BCUT2D eigenvalue weighted by Gasteiger charge is 2.29. The van der Waals surface area contributed by atoms with Crippen LogP contribution in [0.4, 0.5) is 14.5 Å². The van der Waals surface area contributed by atoms with Gasteiger partial charge in [0.05, 0.1) is 5.69 Å². The molecule has 0 unspecified atom stereocenters. The Hall–Kier alpha value is -3.22. The van der Waals surface area contributed by atoms with E-state index in [1.807, 2.05) is 22.7 Å². The van der Waals surface area contributed by atoms with Crippen LogP contribution in [0, 0.1) is 11.6 Å². The number of nitrogens with zero attached hydrogens (tertiary/aromatic N) is 2. The van der Waals surface area contributed by atoms with Crippen molar-refractivity contribution in [3.63, 3.8) is 0 Å². The zero-order valence-corrected chi connectivity index (χ0v) is 13.0. The highest BCUT2D eigenvalue weighted by molar-refractivity contribution is 6.26. The van der Waals surface area contributed by atoms with Gasteiger partial charge in [-0.15, -0.1) is 0 Å². The number of aliphatic hydroxyl groups is 1. The molecule has 7 heteroatoms. The Morgan fingerprint density at radius 2 is 1.88 bits per heavy atom. The molecule has 25 heavy (non-hydrogen) atoms. The van der Waals surface area contributed by atoms with Gasteiger partial charge in [0.15, 0.2) is 0 Å². The first-order chi connectivity index (χ1) is 12.1. The second kappa shape index (κ2) is 5.70. The van der Waals surface area contributed by atoms with Crippen LogP contribution in [0.15, 0.2) is 48.4 Å². The van der Waals surface area contributed by atoms with Crippen LogP contribution >= 0.6 is 0 Å². The first-order valence-electron chi connectivity index (χ1n) is 7.70. The van der Waals surface area contributed by atoms with Crippen molar-refractivity contribution in [3.8, 4) is 0 Å². The smallest absolute Gasteiger partial charge is 0.261 e. The second-order valence-corrected chi connectivity index (χ2v) is 5.71. The first kappa shape index (κ1) is 15.3. The third-order valence-corrected chi connectivity index (χ3v) is 4.18. The van der Waals surface area contributed by atoms with Crippen LogP contribution in [-0.2, 0) is 11.2 Å². The molecule has 0 saturated carbocycles. The number of halogens is 2. The maximum absolute atomic E-state index is 13.8. The number of carbonyl (C=O) groups excluding carboxylic acids is 1. The molecule has 0 aliphatic heterocycles. The summed E-state index contributed by atoms with van der Waals surface area (Å²) < 4.78 is 29.4. The molecule has 2 aromatic heterocycles. The lowest BCUT2D eigenvalue weighted by atomic mass is 9.97. The summed E-state index contributed by atoms with van der Waals surface area (Å²) in [7, 11) is 0. The Labute approximate surface area is 141 Å². The van der Waals surface area contributed by atoms with Gasteiger partial charge in [0.1, 0.15) is 40.0 Å². The molecular weight excluding hydrogens is 328 g/mol. The Balaban J connectivity index is 1.78. The SMILES string of the molecule is O=C(Nc1c(F)cccc1F)C1=C(O)CCc2c1nc1ccccn21. The third-order valence-electron chi connectivity index (χ3n) is 4.18. The van der Waals surface area contributed by atoms with Gasteiger partial charge in [-0.25, -0.2) is 13.8 Å². The molecule has 2 N–H and O–H groups in total. The van der Waals surface area contributed by atoms with Crippen molar-refractivity contribution < 1.29 is 18.7 Å². The zero-order valence-electron chi connectivity index (χ0n) is 13.0. The van der Waals surface area contributed by atoms with Gasteiger partial charge in [-0.05, 0) is 30.7 Å². The molecule has 1 aromatic carbocycles. The van der Waals surface area contributed by atoms with Crippen LogP contribution < -0.4 is 5.32 Å². The predicted molar refractivity (Wildman–Crippen MR) is 88.0 cm³/mol. The number of fused-ring (bicyclic) bond motifs is 3. The van der Waals surface area contributed by atoms with E-state index in [4.69, 9.17) is 0 Å². The number of aromatic nitrogens is 2. The van der Waals surface area contributed by atoms with E-state index in [0.717, 1.165) is 17.8 Å². The van der Waals surface area contributed by atoms with Gasteiger partial charge in [-0.2, -0.15) is 0 Å². The molecule has 0 spiro atoms. The van der Waals surface area contributed by atoms with Gasteiger partial charge in [-0.1, -0.05) is 12.1 Å². The average molecular weight is 341 g/mol. The number of anilines is 1. The number of para-hydroxylation sites is 1. The summed E-state index contributed by atoms with van der Waals surface area (Å²) in [5, 5.41) is 12.4. The molecule has 0 saturated heterocycles. The van der Waals surface area contributed by atoms with Crippen LogP contribution in [0.1, 0.15) is 17.8 Å². The lowest BCUT2D eigenvalue weighted by Gasteiger charge is -2.16. The molecule has 5 nitrogen and oxygen atoms in total. The summed E-state index contributed by atoms with van der Waals surface area (Å²) in [5.74, 6) is -2.73. The van der Waals surface area contributed by atoms with Crippen LogP contribution in [0.2, 0.25) is 0 Å². The summed E-state index contributed by atoms with van der Waals surface area (Å²) in [6.07, 6.45) is 2.57. The fourth-order valence-corrected chi connectivity index (χ4v) is 3.02. The minimum atomic E-state index is -0.889. The number of allylic oxidation sites excluding steroid dienone is 1. The normalized spacial score (nSPS) is 13.8. The lowest BCUT2D eigenvalue weighted by Crippen LogP contribution is -2.20. The largest absolute Gasteiger partial charge is 0.511 e. The number of hydrogen-bond donors (Lipinski definition) is 2. The van der Waals surface area contributed by atoms with E-state index in [-0.39, 0.29) is 17.8 Å². The number of hydrogen-bond acceptors (Lipinski definition) is 3. The minimum absolute atomic E-state index is 0.0624. The van der Waals surface area contributed by atoms with Crippen molar-refractivity contribution in [1.29, 1.82) is 0 Å². The van der Waals surface area contributed by atoms with Gasteiger partial charge >= 0.3 is 0 Å². The molecule has 0 radical (unpaired) electrons. The van der Waals surface area contributed by atoms with Crippen molar-refractivity contribution in [2.24, 2.45) is 0 Å². The lowest BCUT2D eigenvalue weighted by molar-refractivity contribution is -0.111. The van der Waals surface area contributed by atoms with Crippen molar-refractivity contribution in [2.75, 3.05) is 5.32 Å².